The second kappa shape index (κ2) is 3.80. The second-order valence-electron chi connectivity index (χ2n) is 3.20. The van der Waals surface area contributed by atoms with E-state index in [-0.39, 0.29) is 5.78 Å². The lowest BCUT2D eigenvalue weighted by molar-refractivity contribution is 0.101. The summed E-state index contributed by atoms with van der Waals surface area (Å²) >= 11 is 11.9. The van der Waals surface area contributed by atoms with Gasteiger partial charge in [0, 0.05) is 16.6 Å². The Morgan fingerprint density at radius 1 is 1.33 bits per heavy atom. The Morgan fingerprint density at radius 2 is 2.07 bits per heavy atom. The van der Waals surface area contributed by atoms with Crippen LogP contribution in [0.25, 0.3) is 10.9 Å². The number of aromatic nitrogens is 1. The molecule has 0 bridgehead atoms. The Kier molecular flexibility index (Phi) is 2.63. The summed E-state index contributed by atoms with van der Waals surface area (Å²) in [6.07, 6.45) is 1.49. The third-order valence-electron chi connectivity index (χ3n) is 2.14. The van der Waals surface area contributed by atoms with Gasteiger partial charge < -0.3 is 0 Å². The van der Waals surface area contributed by atoms with E-state index >= 15 is 0 Å². The molecule has 0 radical (unpaired) electrons. The molecular weight excluding hydrogens is 233 g/mol. The molecule has 0 saturated heterocycles. The third-order valence-corrected chi connectivity index (χ3v) is 2.79. The number of pyridine rings is 1. The van der Waals surface area contributed by atoms with Crippen LogP contribution >= 0.6 is 23.2 Å². The predicted octanol–water partition coefficient (Wildman–Crippen LogP) is 3.74. The fourth-order valence-corrected chi connectivity index (χ4v) is 1.88. The van der Waals surface area contributed by atoms with Crippen molar-refractivity contribution in [3.8, 4) is 0 Å². The van der Waals surface area contributed by atoms with Crippen molar-refractivity contribution < 1.29 is 4.79 Å². The molecule has 0 spiro atoms. The summed E-state index contributed by atoms with van der Waals surface area (Å²) < 4.78 is 0. The highest BCUT2D eigenvalue weighted by molar-refractivity contribution is 6.39. The van der Waals surface area contributed by atoms with E-state index in [1.807, 2.05) is 0 Å². The topological polar surface area (TPSA) is 30.0 Å². The lowest BCUT2D eigenvalue weighted by Crippen LogP contribution is -1.95. The van der Waals surface area contributed by atoms with Crippen LogP contribution in [0.3, 0.4) is 0 Å². The van der Waals surface area contributed by atoms with Crippen molar-refractivity contribution in [3.63, 3.8) is 0 Å². The van der Waals surface area contributed by atoms with Crippen LogP contribution in [0.2, 0.25) is 10.0 Å². The lowest BCUT2D eigenvalue weighted by atomic mass is 10.1. The zero-order chi connectivity index (χ0) is 11.0. The number of carbonyl (C=O) groups excluding carboxylic acids is 1. The summed E-state index contributed by atoms with van der Waals surface area (Å²) in [5.41, 5.74) is 1.15. The molecule has 0 atom stereocenters. The predicted molar refractivity (Wildman–Crippen MR) is 61.8 cm³/mol. The minimum atomic E-state index is -0.102. The Balaban J connectivity index is 2.82. The maximum atomic E-state index is 11.2. The van der Waals surface area contributed by atoms with Crippen molar-refractivity contribution in [3.05, 3.63) is 40.0 Å². The molecule has 0 fully saturated rings. The molecule has 0 N–H and O–H groups in total. The van der Waals surface area contributed by atoms with Crippen molar-refractivity contribution in [2.75, 3.05) is 0 Å². The van der Waals surface area contributed by atoms with E-state index in [1.54, 1.807) is 18.2 Å². The molecule has 15 heavy (non-hydrogen) atoms. The first-order chi connectivity index (χ1) is 7.09. The van der Waals surface area contributed by atoms with Crippen molar-refractivity contribution in [1.82, 2.24) is 4.98 Å². The van der Waals surface area contributed by atoms with Gasteiger partial charge in [-0.25, -0.2) is 0 Å². The largest absolute Gasteiger partial charge is 0.294 e. The number of nitrogens with zero attached hydrogens (tertiary/aromatic N) is 1. The fraction of sp³-hybridized carbons (Fsp3) is 0.0909. The van der Waals surface area contributed by atoms with Crippen molar-refractivity contribution in [2.45, 2.75) is 6.92 Å². The zero-order valence-electron chi connectivity index (χ0n) is 7.92. The van der Waals surface area contributed by atoms with Gasteiger partial charge in [-0.15, -0.1) is 0 Å². The van der Waals surface area contributed by atoms with Gasteiger partial charge in [-0.3, -0.25) is 9.78 Å². The van der Waals surface area contributed by atoms with Crippen LogP contribution in [0.1, 0.15) is 17.3 Å². The van der Waals surface area contributed by atoms with Gasteiger partial charge in [-0.2, -0.15) is 0 Å². The van der Waals surface area contributed by atoms with Crippen LogP contribution in [0.5, 0.6) is 0 Å². The van der Waals surface area contributed by atoms with Gasteiger partial charge in [-0.1, -0.05) is 23.2 Å². The van der Waals surface area contributed by atoms with E-state index in [9.17, 15) is 4.79 Å². The molecule has 1 aromatic carbocycles. The maximum absolute atomic E-state index is 11.2. The number of carbonyl (C=O) groups is 1. The zero-order valence-corrected chi connectivity index (χ0v) is 9.43. The molecule has 4 heteroatoms. The van der Waals surface area contributed by atoms with Gasteiger partial charge in [0.1, 0.15) is 0 Å². The number of hydrogen-bond donors (Lipinski definition) is 0. The van der Waals surface area contributed by atoms with E-state index in [0.717, 1.165) is 5.52 Å². The summed E-state index contributed by atoms with van der Waals surface area (Å²) in [7, 11) is 0. The molecule has 0 aliphatic rings. The highest BCUT2D eigenvalue weighted by Crippen LogP contribution is 2.28. The van der Waals surface area contributed by atoms with Gasteiger partial charge in [0.2, 0.25) is 0 Å². The van der Waals surface area contributed by atoms with E-state index in [0.29, 0.717) is 21.0 Å². The van der Waals surface area contributed by atoms with Crippen molar-refractivity contribution in [2.24, 2.45) is 0 Å². The molecular formula is C11H7Cl2NO. The first kappa shape index (κ1) is 10.4. The maximum Gasteiger partial charge on any atom is 0.162 e. The first-order valence-corrected chi connectivity index (χ1v) is 5.10. The third kappa shape index (κ3) is 1.83. The molecule has 2 aromatic rings. The van der Waals surface area contributed by atoms with Crippen molar-refractivity contribution >= 4 is 39.9 Å². The molecule has 2 rings (SSSR count). The summed E-state index contributed by atoms with van der Waals surface area (Å²) in [6, 6.07) is 5.22. The Bertz CT molecular complexity index is 552. The molecule has 1 aromatic heterocycles. The Hall–Kier alpha value is -1.12. The van der Waals surface area contributed by atoms with E-state index in [2.05, 4.69) is 4.98 Å². The molecule has 76 valence electrons. The summed E-state index contributed by atoms with van der Waals surface area (Å²) in [5, 5.41) is 1.69. The van der Waals surface area contributed by atoms with Crippen LogP contribution in [-0.4, -0.2) is 10.8 Å². The Morgan fingerprint density at radius 3 is 2.73 bits per heavy atom. The molecule has 2 nitrogen and oxygen atoms in total. The molecule has 0 aliphatic heterocycles. The number of ketones is 1. The van der Waals surface area contributed by atoms with Crippen LogP contribution in [0, 0.1) is 0 Å². The van der Waals surface area contributed by atoms with Crippen LogP contribution in [-0.2, 0) is 0 Å². The number of rotatable bonds is 1. The Labute approximate surface area is 96.8 Å². The van der Waals surface area contributed by atoms with Gasteiger partial charge in [0.25, 0.3) is 0 Å². The van der Waals surface area contributed by atoms with E-state index in [1.165, 1.54) is 13.1 Å². The number of benzene rings is 1. The summed E-state index contributed by atoms with van der Waals surface area (Å²) in [6.45, 7) is 1.46. The number of halogens is 2. The first-order valence-electron chi connectivity index (χ1n) is 4.34. The second-order valence-corrected chi connectivity index (χ2v) is 4.02. The minimum Gasteiger partial charge on any atom is -0.294 e. The standard InChI is InChI=1S/C11H7Cl2NO/c1-6(15)9-5-14-10-3-2-7(12)4-8(10)11(9)13/h2-5H,1H3. The van der Waals surface area contributed by atoms with Gasteiger partial charge in [-0.05, 0) is 25.1 Å². The number of fused-ring (bicyclic) bond motifs is 1. The normalized spacial score (nSPS) is 10.6. The van der Waals surface area contributed by atoms with Crippen LogP contribution < -0.4 is 0 Å². The fourth-order valence-electron chi connectivity index (χ4n) is 1.38. The lowest BCUT2D eigenvalue weighted by Gasteiger charge is -2.04. The number of Topliss-reactive ketones (excluding diaryl/α,β-unsaturated/α-hetero) is 1. The summed E-state index contributed by atoms with van der Waals surface area (Å²) in [4.78, 5) is 15.4. The van der Waals surface area contributed by atoms with E-state index in [4.69, 9.17) is 23.2 Å². The smallest absolute Gasteiger partial charge is 0.162 e. The van der Waals surface area contributed by atoms with E-state index < -0.39 is 0 Å². The highest BCUT2D eigenvalue weighted by Gasteiger charge is 2.10. The van der Waals surface area contributed by atoms with Gasteiger partial charge in [0.05, 0.1) is 16.1 Å². The number of hydrogen-bond acceptors (Lipinski definition) is 2. The molecule has 0 unspecified atom stereocenters. The quantitative estimate of drug-likeness (QED) is 0.710. The molecule has 0 saturated carbocycles. The van der Waals surface area contributed by atoms with Gasteiger partial charge in [0.15, 0.2) is 5.78 Å². The van der Waals surface area contributed by atoms with Gasteiger partial charge >= 0.3 is 0 Å². The minimum absolute atomic E-state index is 0.102. The molecule has 0 amide bonds. The monoisotopic (exact) mass is 239 g/mol. The molecule has 1 heterocycles. The average molecular weight is 240 g/mol. The van der Waals surface area contributed by atoms with Crippen LogP contribution in [0.15, 0.2) is 24.4 Å². The SMILES string of the molecule is CC(=O)c1cnc2ccc(Cl)cc2c1Cl. The average Bonchev–Trinajstić information content (AvgIpc) is 2.19. The molecule has 0 aliphatic carbocycles. The van der Waals surface area contributed by atoms with Crippen molar-refractivity contribution in [1.29, 1.82) is 0 Å². The highest BCUT2D eigenvalue weighted by atomic mass is 35.5. The summed E-state index contributed by atoms with van der Waals surface area (Å²) in [5.74, 6) is -0.102. The van der Waals surface area contributed by atoms with Crippen LogP contribution in [0.4, 0.5) is 0 Å².